The van der Waals surface area contributed by atoms with Crippen LogP contribution < -0.4 is 5.56 Å². The van der Waals surface area contributed by atoms with E-state index in [0.717, 1.165) is 29.9 Å². The summed E-state index contributed by atoms with van der Waals surface area (Å²) in [5.41, 5.74) is 2.91. The van der Waals surface area contributed by atoms with E-state index in [1.807, 2.05) is 60.6 Å². The molecule has 1 aliphatic rings. The molecule has 0 bridgehead atoms. The van der Waals surface area contributed by atoms with Gasteiger partial charge in [-0.1, -0.05) is 24.6 Å². The fraction of sp³-hybridized carbons (Fsp3) is 0.400. The fourth-order valence-corrected chi connectivity index (χ4v) is 4.67. The molecule has 3 heterocycles. The summed E-state index contributed by atoms with van der Waals surface area (Å²) in [6.45, 7) is 3.74. The van der Waals surface area contributed by atoms with Crippen LogP contribution in [0, 0.1) is 6.92 Å². The summed E-state index contributed by atoms with van der Waals surface area (Å²) < 4.78 is 3.74. The number of aromatic nitrogens is 3. The van der Waals surface area contributed by atoms with Crippen molar-refractivity contribution in [1.29, 1.82) is 0 Å². The normalized spacial score (nSPS) is 18.3. The van der Waals surface area contributed by atoms with E-state index < -0.39 is 0 Å². The fourth-order valence-electron chi connectivity index (χ4n) is 3.87. The molecule has 0 radical (unpaired) electrons. The third kappa shape index (κ3) is 3.04. The number of piperidine rings is 1. The number of hydrogen-bond acceptors (Lipinski definition) is 4. The van der Waals surface area contributed by atoms with Gasteiger partial charge >= 0.3 is 0 Å². The first-order valence-corrected chi connectivity index (χ1v) is 10.0. The SMILES string of the molecule is Cc1c(CN2CCCC[C@@H]2c2nccs2)c(=O)n(-c2ccccc2)n1C. The van der Waals surface area contributed by atoms with Crippen LogP contribution in [0.2, 0.25) is 0 Å². The van der Waals surface area contributed by atoms with Crippen molar-refractivity contribution in [3.05, 3.63) is 68.5 Å². The Balaban J connectivity index is 1.69. The third-order valence-corrected chi connectivity index (χ3v) is 6.26. The number of para-hydroxylation sites is 1. The maximum Gasteiger partial charge on any atom is 0.276 e. The standard InChI is InChI=1S/C20H24N4OS/c1-15-17(20(25)24(22(15)2)16-8-4-3-5-9-16)14-23-12-7-6-10-18(23)19-21-11-13-26-19/h3-5,8-9,11,13,18H,6-7,10,12,14H2,1-2H3/t18-/m1/s1. The average molecular weight is 369 g/mol. The molecule has 6 heteroatoms. The van der Waals surface area contributed by atoms with E-state index in [1.54, 1.807) is 16.0 Å². The second kappa shape index (κ2) is 7.21. The van der Waals surface area contributed by atoms with E-state index in [1.165, 1.54) is 17.8 Å². The maximum atomic E-state index is 13.2. The number of hydrogen-bond donors (Lipinski definition) is 0. The molecule has 26 heavy (non-hydrogen) atoms. The van der Waals surface area contributed by atoms with Crippen molar-refractivity contribution < 1.29 is 0 Å². The molecule has 0 saturated carbocycles. The molecule has 5 nitrogen and oxygen atoms in total. The zero-order valence-electron chi connectivity index (χ0n) is 15.3. The highest BCUT2D eigenvalue weighted by Gasteiger charge is 2.28. The minimum absolute atomic E-state index is 0.0830. The molecular formula is C20H24N4OS. The molecule has 3 aromatic rings. The highest BCUT2D eigenvalue weighted by Crippen LogP contribution is 2.33. The molecule has 1 atom stereocenters. The molecule has 1 saturated heterocycles. The molecule has 0 aliphatic carbocycles. The molecule has 0 N–H and O–H groups in total. The maximum absolute atomic E-state index is 13.2. The molecule has 4 rings (SSSR count). The Morgan fingerprint density at radius 1 is 1.23 bits per heavy atom. The lowest BCUT2D eigenvalue weighted by atomic mass is 10.0. The number of rotatable bonds is 4. The molecule has 1 aromatic carbocycles. The Hall–Kier alpha value is -2.18. The average Bonchev–Trinajstić information content (AvgIpc) is 3.27. The van der Waals surface area contributed by atoms with E-state index in [4.69, 9.17) is 0 Å². The van der Waals surface area contributed by atoms with Gasteiger partial charge in [0.2, 0.25) is 0 Å². The highest BCUT2D eigenvalue weighted by molar-refractivity contribution is 7.09. The first-order chi connectivity index (χ1) is 12.7. The van der Waals surface area contributed by atoms with Gasteiger partial charge in [0.25, 0.3) is 5.56 Å². The van der Waals surface area contributed by atoms with Gasteiger partial charge in [-0.3, -0.25) is 14.4 Å². The van der Waals surface area contributed by atoms with Crippen LogP contribution in [-0.2, 0) is 13.6 Å². The molecular weight excluding hydrogens is 344 g/mol. The minimum atomic E-state index is 0.0830. The first kappa shape index (κ1) is 17.2. The van der Waals surface area contributed by atoms with Crippen molar-refractivity contribution >= 4 is 11.3 Å². The smallest absolute Gasteiger partial charge is 0.276 e. The monoisotopic (exact) mass is 368 g/mol. The van der Waals surface area contributed by atoms with Crippen LogP contribution >= 0.6 is 11.3 Å². The predicted molar refractivity (Wildman–Crippen MR) is 105 cm³/mol. The highest BCUT2D eigenvalue weighted by atomic mass is 32.1. The van der Waals surface area contributed by atoms with Crippen LogP contribution in [0.1, 0.15) is 41.6 Å². The Morgan fingerprint density at radius 2 is 2.04 bits per heavy atom. The van der Waals surface area contributed by atoms with Gasteiger partial charge in [0.05, 0.1) is 17.3 Å². The number of benzene rings is 1. The van der Waals surface area contributed by atoms with Gasteiger partial charge in [-0.25, -0.2) is 9.67 Å². The van der Waals surface area contributed by atoms with Crippen LogP contribution in [0.3, 0.4) is 0 Å². The Labute approximate surface area is 157 Å². The van der Waals surface area contributed by atoms with Gasteiger partial charge < -0.3 is 0 Å². The van der Waals surface area contributed by atoms with Gasteiger partial charge in [0, 0.05) is 30.9 Å². The Kier molecular flexibility index (Phi) is 4.78. The molecule has 0 unspecified atom stereocenters. The summed E-state index contributed by atoms with van der Waals surface area (Å²) in [6.07, 6.45) is 5.40. The number of likely N-dealkylation sites (tertiary alicyclic amines) is 1. The second-order valence-electron chi connectivity index (χ2n) is 6.89. The van der Waals surface area contributed by atoms with E-state index in [2.05, 4.69) is 9.88 Å². The van der Waals surface area contributed by atoms with Crippen molar-refractivity contribution in [3.63, 3.8) is 0 Å². The summed E-state index contributed by atoms with van der Waals surface area (Å²) in [5, 5.41) is 3.21. The predicted octanol–water partition coefficient (Wildman–Crippen LogP) is 3.67. The van der Waals surface area contributed by atoms with Crippen molar-refractivity contribution in [2.24, 2.45) is 7.05 Å². The molecule has 1 fully saturated rings. The van der Waals surface area contributed by atoms with Crippen molar-refractivity contribution in [1.82, 2.24) is 19.2 Å². The van der Waals surface area contributed by atoms with Gasteiger partial charge in [-0.05, 0) is 38.4 Å². The molecule has 0 amide bonds. The van der Waals surface area contributed by atoms with Crippen molar-refractivity contribution in [2.45, 2.75) is 38.8 Å². The lowest BCUT2D eigenvalue weighted by molar-refractivity contribution is 0.139. The summed E-state index contributed by atoms with van der Waals surface area (Å²) in [7, 11) is 1.96. The van der Waals surface area contributed by atoms with Gasteiger partial charge in [0.1, 0.15) is 5.01 Å². The van der Waals surface area contributed by atoms with E-state index in [9.17, 15) is 4.79 Å². The minimum Gasteiger partial charge on any atom is -0.289 e. The van der Waals surface area contributed by atoms with E-state index in [-0.39, 0.29) is 5.56 Å². The summed E-state index contributed by atoms with van der Waals surface area (Å²) >= 11 is 1.72. The number of thiazole rings is 1. The largest absolute Gasteiger partial charge is 0.289 e. The molecule has 1 aliphatic heterocycles. The quantitative estimate of drug-likeness (QED) is 0.706. The Morgan fingerprint density at radius 3 is 2.77 bits per heavy atom. The van der Waals surface area contributed by atoms with Crippen LogP contribution in [-0.4, -0.2) is 25.8 Å². The zero-order chi connectivity index (χ0) is 18.1. The van der Waals surface area contributed by atoms with Crippen LogP contribution in [0.25, 0.3) is 5.69 Å². The van der Waals surface area contributed by atoms with Gasteiger partial charge in [0.15, 0.2) is 0 Å². The lowest BCUT2D eigenvalue weighted by Gasteiger charge is -2.34. The van der Waals surface area contributed by atoms with Gasteiger partial charge in [-0.15, -0.1) is 11.3 Å². The summed E-state index contributed by atoms with van der Waals surface area (Å²) in [5.74, 6) is 0. The van der Waals surface area contributed by atoms with Crippen LogP contribution in [0.4, 0.5) is 0 Å². The summed E-state index contributed by atoms with van der Waals surface area (Å²) in [4.78, 5) is 20.1. The van der Waals surface area contributed by atoms with Crippen LogP contribution in [0.5, 0.6) is 0 Å². The first-order valence-electron chi connectivity index (χ1n) is 9.13. The van der Waals surface area contributed by atoms with Crippen LogP contribution in [0.15, 0.2) is 46.7 Å². The topological polar surface area (TPSA) is 43.1 Å². The molecule has 2 aromatic heterocycles. The van der Waals surface area contributed by atoms with Gasteiger partial charge in [-0.2, -0.15) is 0 Å². The lowest BCUT2D eigenvalue weighted by Crippen LogP contribution is -2.34. The number of nitrogens with zero attached hydrogens (tertiary/aromatic N) is 4. The van der Waals surface area contributed by atoms with Crippen molar-refractivity contribution in [3.8, 4) is 5.69 Å². The van der Waals surface area contributed by atoms with Crippen molar-refractivity contribution in [2.75, 3.05) is 6.54 Å². The Bertz CT molecular complexity index is 927. The summed E-state index contributed by atoms with van der Waals surface area (Å²) in [6, 6.07) is 10.2. The van der Waals surface area contributed by atoms with E-state index >= 15 is 0 Å². The van der Waals surface area contributed by atoms with E-state index in [0.29, 0.717) is 12.6 Å². The molecule has 136 valence electrons. The third-order valence-electron chi connectivity index (χ3n) is 5.38. The second-order valence-corrected chi connectivity index (χ2v) is 7.82. The molecule has 0 spiro atoms. The zero-order valence-corrected chi connectivity index (χ0v) is 16.1.